The summed E-state index contributed by atoms with van der Waals surface area (Å²) in [6.45, 7) is 8.34. The average Bonchev–Trinajstić information content (AvgIpc) is 3.16. The summed E-state index contributed by atoms with van der Waals surface area (Å²) >= 11 is 0. The maximum Gasteiger partial charge on any atom is 0.225 e. The molecular weight excluding hydrogens is 364 g/mol. The summed E-state index contributed by atoms with van der Waals surface area (Å²) in [4.78, 5) is 23.6. The monoisotopic (exact) mass is 392 g/mol. The van der Waals surface area contributed by atoms with Crippen LogP contribution in [0.25, 0.3) is 16.7 Å². The third kappa shape index (κ3) is 4.09. The first-order chi connectivity index (χ1) is 13.9. The number of anilines is 1. The molecule has 1 aromatic carbocycles. The van der Waals surface area contributed by atoms with Gasteiger partial charge in [0, 0.05) is 25.0 Å². The van der Waals surface area contributed by atoms with E-state index in [1.165, 1.54) is 0 Å². The summed E-state index contributed by atoms with van der Waals surface area (Å²) in [6, 6.07) is 10.0. The van der Waals surface area contributed by atoms with Gasteiger partial charge in [-0.25, -0.2) is 14.6 Å². The van der Waals surface area contributed by atoms with Gasteiger partial charge in [0.1, 0.15) is 12.1 Å². The van der Waals surface area contributed by atoms with E-state index in [9.17, 15) is 4.79 Å². The number of aromatic nitrogens is 4. The Morgan fingerprint density at radius 3 is 2.76 bits per heavy atom. The molecule has 1 atom stereocenters. The molecule has 0 radical (unpaired) electrons. The number of fused-ring (bicyclic) bond motifs is 1. The average molecular weight is 393 g/mol. The van der Waals surface area contributed by atoms with E-state index in [4.69, 9.17) is 0 Å². The fourth-order valence-corrected chi connectivity index (χ4v) is 3.77. The molecule has 1 N–H and O–H groups in total. The van der Waals surface area contributed by atoms with Crippen LogP contribution in [0.2, 0.25) is 0 Å². The van der Waals surface area contributed by atoms with Crippen LogP contribution in [0.4, 0.5) is 5.82 Å². The van der Waals surface area contributed by atoms with Crippen LogP contribution in [0, 0.1) is 11.3 Å². The number of amides is 1. The summed E-state index contributed by atoms with van der Waals surface area (Å²) in [6.07, 6.45) is 5.65. The third-order valence-corrected chi connectivity index (χ3v) is 5.40. The van der Waals surface area contributed by atoms with Gasteiger partial charge in [-0.1, -0.05) is 39.0 Å². The summed E-state index contributed by atoms with van der Waals surface area (Å²) < 4.78 is 1.85. The SMILES string of the molecule is CC(C)(C)C(=O)NCC1CCCN(c2ncnc3c2cnn3-c2ccccc2)C1. The van der Waals surface area contributed by atoms with E-state index in [0.29, 0.717) is 12.5 Å². The van der Waals surface area contributed by atoms with E-state index in [1.54, 1.807) is 6.33 Å². The second kappa shape index (κ2) is 7.81. The van der Waals surface area contributed by atoms with Gasteiger partial charge in [-0.3, -0.25) is 4.79 Å². The highest BCUT2D eigenvalue weighted by molar-refractivity contribution is 5.87. The van der Waals surface area contributed by atoms with Crippen molar-refractivity contribution in [1.82, 2.24) is 25.1 Å². The number of nitrogens with zero attached hydrogens (tertiary/aromatic N) is 5. The minimum absolute atomic E-state index is 0.100. The molecule has 1 aliphatic heterocycles. The van der Waals surface area contributed by atoms with Gasteiger partial charge >= 0.3 is 0 Å². The van der Waals surface area contributed by atoms with E-state index >= 15 is 0 Å². The zero-order valence-corrected chi connectivity index (χ0v) is 17.3. The first kappa shape index (κ1) is 19.4. The molecule has 3 aromatic rings. The fourth-order valence-electron chi connectivity index (χ4n) is 3.77. The lowest BCUT2D eigenvalue weighted by Gasteiger charge is -2.34. The molecule has 1 unspecified atom stereocenters. The molecule has 1 saturated heterocycles. The normalized spacial score (nSPS) is 17.5. The standard InChI is InChI=1S/C22H28N6O/c1-22(2,3)21(29)23-12-16-8-7-11-27(14-16)19-18-13-26-28(20(18)25-15-24-19)17-9-5-4-6-10-17/h4-6,9-10,13,15-16H,7-8,11-12,14H2,1-3H3,(H,23,29). The van der Waals surface area contributed by atoms with Crippen LogP contribution in [-0.4, -0.2) is 45.3 Å². The lowest BCUT2D eigenvalue weighted by Crippen LogP contribution is -2.43. The third-order valence-electron chi connectivity index (χ3n) is 5.40. The van der Waals surface area contributed by atoms with Gasteiger partial charge in [0.15, 0.2) is 5.65 Å². The highest BCUT2D eigenvalue weighted by Gasteiger charge is 2.26. The number of hydrogen-bond donors (Lipinski definition) is 1. The van der Waals surface area contributed by atoms with Crippen molar-refractivity contribution in [3.8, 4) is 5.69 Å². The number of hydrogen-bond acceptors (Lipinski definition) is 5. The van der Waals surface area contributed by atoms with E-state index in [0.717, 1.165) is 48.5 Å². The van der Waals surface area contributed by atoms with E-state index in [-0.39, 0.29) is 11.3 Å². The fraction of sp³-hybridized carbons (Fsp3) is 0.455. The molecule has 0 saturated carbocycles. The van der Waals surface area contributed by atoms with Gasteiger partial charge in [-0.15, -0.1) is 0 Å². The largest absolute Gasteiger partial charge is 0.356 e. The van der Waals surface area contributed by atoms with Crippen molar-refractivity contribution in [2.75, 3.05) is 24.5 Å². The number of piperidine rings is 1. The Labute approximate surface area is 171 Å². The Bertz CT molecular complexity index is 991. The Hall–Kier alpha value is -2.96. The minimum Gasteiger partial charge on any atom is -0.356 e. The summed E-state index contributed by atoms with van der Waals surface area (Å²) in [7, 11) is 0. The predicted octanol–water partition coefficient (Wildman–Crippen LogP) is 3.19. The summed E-state index contributed by atoms with van der Waals surface area (Å²) in [5.41, 5.74) is 1.43. The molecule has 0 spiro atoms. The minimum atomic E-state index is -0.362. The molecule has 1 amide bonds. The van der Waals surface area contributed by atoms with Gasteiger partial charge in [-0.05, 0) is 30.9 Å². The van der Waals surface area contributed by atoms with Crippen LogP contribution in [0.15, 0.2) is 42.9 Å². The first-order valence-corrected chi connectivity index (χ1v) is 10.2. The second-order valence-corrected chi connectivity index (χ2v) is 8.74. The van der Waals surface area contributed by atoms with Gasteiger partial charge < -0.3 is 10.2 Å². The molecule has 0 bridgehead atoms. The highest BCUT2D eigenvalue weighted by Crippen LogP contribution is 2.28. The molecule has 7 heteroatoms. The molecule has 1 fully saturated rings. The number of para-hydroxylation sites is 1. The van der Waals surface area contributed by atoms with Crippen molar-refractivity contribution in [2.45, 2.75) is 33.6 Å². The number of carbonyl (C=O) groups is 1. The second-order valence-electron chi connectivity index (χ2n) is 8.74. The van der Waals surface area contributed by atoms with Crippen molar-refractivity contribution >= 4 is 22.8 Å². The van der Waals surface area contributed by atoms with Crippen LogP contribution < -0.4 is 10.2 Å². The Kier molecular flexibility index (Phi) is 5.22. The van der Waals surface area contributed by atoms with Crippen molar-refractivity contribution in [2.24, 2.45) is 11.3 Å². The van der Waals surface area contributed by atoms with E-state index in [1.807, 2.05) is 62.0 Å². The number of carbonyl (C=O) groups excluding carboxylic acids is 1. The summed E-state index contributed by atoms with van der Waals surface area (Å²) in [5, 5.41) is 8.62. The van der Waals surface area contributed by atoms with Gasteiger partial charge in [0.05, 0.1) is 17.3 Å². The summed E-state index contributed by atoms with van der Waals surface area (Å²) in [5.74, 6) is 1.43. The highest BCUT2D eigenvalue weighted by atomic mass is 16.2. The van der Waals surface area contributed by atoms with Crippen LogP contribution in [0.1, 0.15) is 33.6 Å². The lowest BCUT2D eigenvalue weighted by molar-refractivity contribution is -0.128. The van der Waals surface area contributed by atoms with Crippen molar-refractivity contribution in [1.29, 1.82) is 0 Å². The van der Waals surface area contributed by atoms with E-state index in [2.05, 4.69) is 25.3 Å². The van der Waals surface area contributed by atoms with Crippen LogP contribution in [0.5, 0.6) is 0 Å². The maximum atomic E-state index is 12.2. The Balaban J connectivity index is 1.54. The van der Waals surface area contributed by atoms with Gasteiger partial charge in [0.25, 0.3) is 0 Å². The van der Waals surface area contributed by atoms with E-state index < -0.39 is 0 Å². The molecule has 1 aliphatic rings. The molecule has 3 heterocycles. The van der Waals surface area contributed by atoms with Crippen LogP contribution >= 0.6 is 0 Å². The van der Waals surface area contributed by atoms with Gasteiger partial charge in [0.2, 0.25) is 5.91 Å². The Morgan fingerprint density at radius 2 is 2.00 bits per heavy atom. The molecule has 7 nitrogen and oxygen atoms in total. The first-order valence-electron chi connectivity index (χ1n) is 10.2. The van der Waals surface area contributed by atoms with Gasteiger partial charge in [-0.2, -0.15) is 5.10 Å². The lowest BCUT2D eigenvalue weighted by atomic mass is 9.94. The molecular formula is C22H28N6O. The molecule has 29 heavy (non-hydrogen) atoms. The Morgan fingerprint density at radius 1 is 1.21 bits per heavy atom. The van der Waals surface area contributed by atoms with Crippen molar-refractivity contribution in [3.05, 3.63) is 42.9 Å². The van der Waals surface area contributed by atoms with Crippen molar-refractivity contribution < 1.29 is 4.79 Å². The van der Waals surface area contributed by atoms with Crippen LogP contribution in [0.3, 0.4) is 0 Å². The number of rotatable bonds is 4. The van der Waals surface area contributed by atoms with Crippen molar-refractivity contribution in [3.63, 3.8) is 0 Å². The molecule has 152 valence electrons. The zero-order valence-electron chi connectivity index (χ0n) is 17.3. The molecule has 4 rings (SSSR count). The quantitative estimate of drug-likeness (QED) is 0.738. The maximum absolute atomic E-state index is 12.2. The molecule has 0 aliphatic carbocycles. The topological polar surface area (TPSA) is 75.9 Å². The predicted molar refractivity (Wildman–Crippen MR) is 114 cm³/mol. The van der Waals surface area contributed by atoms with Crippen LogP contribution in [-0.2, 0) is 4.79 Å². The molecule has 2 aromatic heterocycles. The number of benzene rings is 1. The zero-order chi connectivity index (χ0) is 20.4. The number of nitrogens with one attached hydrogen (secondary N) is 1. The smallest absolute Gasteiger partial charge is 0.225 e.